The number of ether oxygens (including phenoxy) is 1. The van der Waals surface area contributed by atoms with Crippen molar-refractivity contribution in [2.45, 2.75) is 40.7 Å². The summed E-state index contributed by atoms with van der Waals surface area (Å²) in [6, 6.07) is 6.27. The lowest BCUT2D eigenvalue weighted by molar-refractivity contribution is 0.409. The number of aryl methyl sites for hydroxylation is 3. The second-order valence-corrected chi connectivity index (χ2v) is 6.46. The van der Waals surface area contributed by atoms with Crippen LogP contribution in [0.25, 0.3) is 0 Å². The summed E-state index contributed by atoms with van der Waals surface area (Å²) in [6.45, 7) is 10.5. The van der Waals surface area contributed by atoms with Gasteiger partial charge in [-0.25, -0.2) is 4.99 Å². The zero-order valence-electron chi connectivity index (χ0n) is 17.2. The Morgan fingerprint density at radius 3 is 2.56 bits per heavy atom. The van der Waals surface area contributed by atoms with Gasteiger partial charge in [-0.2, -0.15) is 5.10 Å². The zero-order valence-corrected chi connectivity index (χ0v) is 19.5. The number of halogens is 1. The molecular formula is C20H32IN5O. The Bertz CT molecular complexity index is 770. The minimum Gasteiger partial charge on any atom is -0.496 e. The zero-order chi connectivity index (χ0) is 19.1. The summed E-state index contributed by atoms with van der Waals surface area (Å²) in [6.07, 6.45) is 0.875. The van der Waals surface area contributed by atoms with Gasteiger partial charge in [0.2, 0.25) is 0 Å². The van der Waals surface area contributed by atoms with Crippen molar-refractivity contribution in [1.29, 1.82) is 0 Å². The molecular weight excluding hydrogens is 453 g/mol. The molecule has 27 heavy (non-hydrogen) atoms. The third-order valence-electron chi connectivity index (χ3n) is 4.52. The standard InChI is InChI=1S/C20H31N5O.HI/c1-7-21-20(23-13-18-15(3)24-25(5)16(18)4)22-11-10-17-12-14(2)8-9-19(17)26-6;/h8-9,12H,7,10-11,13H2,1-6H3,(H2,21,22,23);1H. The Balaban J connectivity index is 0.00000364. The quantitative estimate of drug-likeness (QED) is 0.359. The maximum atomic E-state index is 5.46. The van der Waals surface area contributed by atoms with Crippen molar-refractivity contribution in [3.05, 3.63) is 46.3 Å². The van der Waals surface area contributed by atoms with Crippen LogP contribution in [0.5, 0.6) is 5.75 Å². The van der Waals surface area contributed by atoms with E-state index in [1.165, 1.54) is 16.7 Å². The molecule has 1 aromatic heterocycles. The van der Waals surface area contributed by atoms with Crippen LogP contribution in [0, 0.1) is 20.8 Å². The molecule has 0 saturated heterocycles. The molecule has 2 aromatic rings. The molecule has 0 saturated carbocycles. The monoisotopic (exact) mass is 485 g/mol. The van der Waals surface area contributed by atoms with Crippen molar-refractivity contribution in [2.75, 3.05) is 20.2 Å². The van der Waals surface area contributed by atoms with Gasteiger partial charge in [0, 0.05) is 31.4 Å². The molecule has 7 heteroatoms. The molecule has 6 nitrogen and oxygen atoms in total. The summed E-state index contributed by atoms with van der Waals surface area (Å²) in [5.41, 5.74) is 5.82. The highest BCUT2D eigenvalue weighted by Crippen LogP contribution is 2.19. The van der Waals surface area contributed by atoms with E-state index in [0.717, 1.165) is 42.6 Å². The minimum atomic E-state index is 0. The molecule has 0 fully saturated rings. The van der Waals surface area contributed by atoms with E-state index in [0.29, 0.717) is 6.54 Å². The van der Waals surface area contributed by atoms with Gasteiger partial charge in [0.25, 0.3) is 0 Å². The van der Waals surface area contributed by atoms with Gasteiger partial charge in [0.1, 0.15) is 5.75 Å². The number of hydrogen-bond acceptors (Lipinski definition) is 3. The summed E-state index contributed by atoms with van der Waals surface area (Å²) < 4.78 is 7.36. The van der Waals surface area contributed by atoms with Crippen LogP contribution >= 0.6 is 24.0 Å². The molecule has 0 aliphatic heterocycles. The molecule has 0 aliphatic rings. The van der Waals surface area contributed by atoms with Gasteiger partial charge in [-0.05, 0) is 45.7 Å². The molecule has 0 radical (unpaired) electrons. The van der Waals surface area contributed by atoms with Crippen molar-refractivity contribution < 1.29 is 4.74 Å². The lowest BCUT2D eigenvalue weighted by Crippen LogP contribution is -2.38. The van der Waals surface area contributed by atoms with Crippen molar-refractivity contribution in [2.24, 2.45) is 12.0 Å². The molecule has 1 aromatic carbocycles. The van der Waals surface area contributed by atoms with Gasteiger partial charge >= 0.3 is 0 Å². The predicted octanol–water partition coefficient (Wildman–Crippen LogP) is 3.27. The highest BCUT2D eigenvalue weighted by Gasteiger charge is 2.09. The third-order valence-corrected chi connectivity index (χ3v) is 4.52. The first-order valence-corrected chi connectivity index (χ1v) is 9.11. The molecule has 1 heterocycles. The Hall–Kier alpha value is -1.77. The maximum Gasteiger partial charge on any atom is 0.191 e. The first kappa shape index (κ1) is 23.3. The van der Waals surface area contributed by atoms with Crippen LogP contribution in [0.15, 0.2) is 23.2 Å². The number of rotatable bonds is 7. The minimum absolute atomic E-state index is 0. The summed E-state index contributed by atoms with van der Waals surface area (Å²) in [7, 11) is 3.68. The van der Waals surface area contributed by atoms with Crippen LogP contribution in [0.3, 0.4) is 0 Å². The molecule has 0 bridgehead atoms. The van der Waals surface area contributed by atoms with Crippen LogP contribution < -0.4 is 15.4 Å². The second-order valence-electron chi connectivity index (χ2n) is 6.46. The van der Waals surface area contributed by atoms with Crippen LogP contribution in [0.1, 0.15) is 35.0 Å². The molecule has 2 rings (SSSR count). The van der Waals surface area contributed by atoms with Gasteiger partial charge < -0.3 is 15.4 Å². The van der Waals surface area contributed by atoms with E-state index in [1.807, 2.05) is 24.7 Å². The molecule has 150 valence electrons. The highest BCUT2D eigenvalue weighted by atomic mass is 127. The van der Waals surface area contributed by atoms with Gasteiger partial charge in [-0.1, -0.05) is 17.7 Å². The average molecular weight is 485 g/mol. The van der Waals surface area contributed by atoms with E-state index in [2.05, 4.69) is 48.6 Å². The van der Waals surface area contributed by atoms with Crippen LogP contribution in [0.4, 0.5) is 0 Å². The maximum absolute atomic E-state index is 5.46. The van der Waals surface area contributed by atoms with Crippen molar-refractivity contribution in [1.82, 2.24) is 20.4 Å². The first-order chi connectivity index (χ1) is 12.5. The molecule has 0 spiro atoms. The lowest BCUT2D eigenvalue weighted by Gasteiger charge is -2.13. The van der Waals surface area contributed by atoms with Crippen molar-refractivity contribution in [3.8, 4) is 5.75 Å². The average Bonchev–Trinajstić information content (AvgIpc) is 2.85. The van der Waals surface area contributed by atoms with Crippen LogP contribution in [-0.2, 0) is 20.0 Å². The number of aliphatic imine (C=N–C) groups is 1. The topological polar surface area (TPSA) is 63.5 Å². The van der Waals surface area contributed by atoms with Crippen LogP contribution in [0.2, 0.25) is 0 Å². The molecule has 0 aliphatic carbocycles. The molecule has 2 N–H and O–H groups in total. The van der Waals surface area contributed by atoms with E-state index in [1.54, 1.807) is 7.11 Å². The molecule has 0 atom stereocenters. The number of hydrogen-bond donors (Lipinski definition) is 2. The number of methoxy groups -OCH3 is 1. The van der Waals surface area contributed by atoms with E-state index >= 15 is 0 Å². The number of aromatic nitrogens is 2. The molecule has 0 unspecified atom stereocenters. The van der Waals surface area contributed by atoms with Gasteiger partial charge in [0.15, 0.2) is 5.96 Å². The predicted molar refractivity (Wildman–Crippen MR) is 122 cm³/mol. The fourth-order valence-corrected chi connectivity index (χ4v) is 2.96. The first-order valence-electron chi connectivity index (χ1n) is 9.11. The van der Waals surface area contributed by atoms with Crippen molar-refractivity contribution in [3.63, 3.8) is 0 Å². The molecule has 0 amide bonds. The Labute approximate surface area is 179 Å². The van der Waals surface area contributed by atoms with Gasteiger partial charge in [0.05, 0.1) is 19.3 Å². The van der Waals surface area contributed by atoms with E-state index in [4.69, 9.17) is 9.73 Å². The Kier molecular flexibility index (Phi) is 9.62. The van der Waals surface area contributed by atoms with E-state index in [9.17, 15) is 0 Å². The summed E-state index contributed by atoms with van der Waals surface area (Å²) >= 11 is 0. The summed E-state index contributed by atoms with van der Waals surface area (Å²) in [5.74, 6) is 1.75. The SMILES string of the molecule is CCNC(=NCc1c(C)nn(C)c1C)NCCc1cc(C)ccc1OC.I. The van der Waals surface area contributed by atoms with Crippen molar-refractivity contribution >= 4 is 29.9 Å². The number of nitrogens with zero attached hydrogens (tertiary/aromatic N) is 3. The lowest BCUT2D eigenvalue weighted by atomic mass is 10.1. The Morgan fingerprint density at radius 1 is 1.22 bits per heavy atom. The normalized spacial score (nSPS) is 11.1. The third kappa shape index (κ3) is 6.41. The van der Waals surface area contributed by atoms with Gasteiger partial charge in [-0.3, -0.25) is 4.68 Å². The smallest absolute Gasteiger partial charge is 0.191 e. The van der Waals surface area contributed by atoms with Crippen LogP contribution in [-0.4, -0.2) is 35.9 Å². The Morgan fingerprint density at radius 2 is 1.96 bits per heavy atom. The number of benzene rings is 1. The second kappa shape index (κ2) is 11.2. The van der Waals surface area contributed by atoms with E-state index < -0.39 is 0 Å². The summed E-state index contributed by atoms with van der Waals surface area (Å²) in [5, 5.41) is 11.2. The fourth-order valence-electron chi connectivity index (χ4n) is 2.96. The fraction of sp³-hybridized carbons (Fsp3) is 0.500. The highest BCUT2D eigenvalue weighted by molar-refractivity contribution is 14.0. The largest absolute Gasteiger partial charge is 0.496 e. The summed E-state index contributed by atoms with van der Waals surface area (Å²) in [4.78, 5) is 4.72. The van der Waals surface area contributed by atoms with Gasteiger partial charge in [-0.15, -0.1) is 24.0 Å². The number of nitrogens with one attached hydrogen (secondary N) is 2. The van der Waals surface area contributed by atoms with E-state index in [-0.39, 0.29) is 24.0 Å². The number of guanidine groups is 1.